The van der Waals surface area contributed by atoms with Gasteiger partial charge < -0.3 is 19.9 Å². The highest BCUT2D eigenvalue weighted by atomic mass is 16.7. The molecule has 106 valence electrons. The molecule has 4 heteroatoms. The third-order valence-corrected chi connectivity index (χ3v) is 3.55. The Morgan fingerprint density at radius 1 is 1.32 bits per heavy atom. The van der Waals surface area contributed by atoms with Crippen LogP contribution in [-0.4, -0.2) is 30.6 Å². The molecule has 1 aromatic carbocycles. The maximum atomic E-state index is 9.54. The van der Waals surface area contributed by atoms with Gasteiger partial charge in [0.25, 0.3) is 0 Å². The van der Waals surface area contributed by atoms with E-state index in [-0.39, 0.29) is 12.1 Å². The Balaban J connectivity index is 1.93. The van der Waals surface area contributed by atoms with E-state index < -0.39 is 0 Å². The van der Waals surface area contributed by atoms with E-state index >= 15 is 0 Å². The number of ether oxygens (including phenoxy) is 2. The van der Waals surface area contributed by atoms with Crippen molar-refractivity contribution in [3.8, 4) is 11.5 Å². The molecule has 1 unspecified atom stereocenters. The Labute approximate surface area is 114 Å². The lowest BCUT2D eigenvalue weighted by atomic mass is 9.93. The second-order valence-electron chi connectivity index (χ2n) is 5.33. The Bertz CT molecular complexity index is 422. The zero-order valence-electron chi connectivity index (χ0n) is 11.7. The van der Waals surface area contributed by atoms with Gasteiger partial charge in [-0.1, -0.05) is 13.0 Å². The number of aliphatic hydroxyl groups is 1. The number of hydrogen-bond donors (Lipinski definition) is 2. The summed E-state index contributed by atoms with van der Waals surface area (Å²) in [6.07, 6.45) is 2.87. The van der Waals surface area contributed by atoms with E-state index in [4.69, 9.17) is 9.47 Å². The molecule has 1 heterocycles. The Hall–Kier alpha value is -1.26. The fourth-order valence-corrected chi connectivity index (χ4v) is 2.17. The molecule has 0 saturated heterocycles. The number of rotatable bonds is 7. The lowest BCUT2D eigenvalue weighted by Gasteiger charge is -2.29. The quantitative estimate of drug-likeness (QED) is 0.792. The molecule has 0 fully saturated rings. The van der Waals surface area contributed by atoms with Crippen molar-refractivity contribution in [1.29, 1.82) is 0 Å². The summed E-state index contributed by atoms with van der Waals surface area (Å²) in [5.74, 6) is 1.64. The van der Waals surface area contributed by atoms with Crippen LogP contribution in [0.4, 0.5) is 0 Å². The first-order valence-corrected chi connectivity index (χ1v) is 6.91. The van der Waals surface area contributed by atoms with E-state index in [1.807, 2.05) is 12.1 Å². The highest BCUT2D eigenvalue weighted by molar-refractivity contribution is 5.44. The summed E-state index contributed by atoms with van der Waals surface area (Å²) < 4.78 is 10.7. The van der Waals surface area contributed by atoms with Crippen LogP contribution in [-0.2, 0) is 6.42 Å². The van der Waals surface area contributed by atoms with Gasteiger partial charge in [0.2, 0.25) is 6.79 Å². The third-order valence-electron chi connectivity index (χ3n) is 3.55. The van der Waals surface area contributed by atoms with Crippen molar-refractivity contribution in [2.45, 2.75) is 38.6 Å². The number of fused-ring (bicyclic) bond motifs is 1. The van der Waals surface area contributed by atoms with Crippen molar-refractivity contribution in [1.82, 2.24) is 5.32 Å². The number of aliphatic hydroxyl groups excluding tert-OH is 1. The van der Waals surface area contributed by atoms with Gasteiger partial charge in [-0.15, -0.1) is 0 Å². The van der Waals surface area contributed by atoms with Gasteiger partial charge in [-0.3, -0.25) is 0 Å². The summed E-state index contributed by atoms with van der Waals surface area (Å²) in [5, 5.41) is 12.9. The molecule has 1 aliphatic rings. The van der Waals surface area contributed by atoms with Gasteiger partial charge in [0.15, 0.2) is 11.5 Å². The minimum Gasteiger partial charge on any atom is -0.454 e. The molecule has 0 saturated carbocycles. The van der Waals surface area contributed by atoms with E-state index in [0.29, 0.717) is 6.79 Å². The van der Waals surface area contributed by atoms with Gasteiger partial charge in [-0.05, 0) is 50.4 Å². The van der Waals surface area contributed by atoms with Crippen molar-refractivity contribution in [3.05, 3.63) is 23.8 Å². The zero-order valence-corrected chi connectivity index (χ0v) is 11.7. The van der Waals surface area contributed by atoms with E-state index in [0.717, 1.165) is 37.3 Å². The monoisotopic (exact) mass is 265 g/mol. The summed E-state index contributed by atoms with van der Waals surface area (Å²) in [7, 11) is 0. The van der Waals surface area contributed by atoms with Crippen LogP contribution in [0.5, 0.6) is 11.5 Å². The fourth-order valence-electron chi connectivity index (χ4n) is 2.17. The maximum Gasteiger partial charge on any atom is 0.231 e. The molecule has 19 heavy (non-hydrogen) atoms. The first-order chi connectivity index (χ1) is 9.17. The van der Waals surface area contributed by atoms with Crippen LogP contribution >= 0.6 is 0 Å². The lowest BCUT2D eigenvalue weighted by Crippen LogP contribution is -2.46. The number of benzene rings is 1. The van der Waals surface area contributed by atoms with Crippen molar-refractivity contribution >= 4 is 0 Å². The molecule has 0 radical (unpaired) electrons. The van der Waals surface area contributed by atoms with Crippen LogP contribution in [0, 0.1) is 0 Å². The van der Waals surface area contributed by atoms with E-state index in [2.05, 4.69) is 25.2 Å². The molecule has 1 atom stereocenters. The van der Waals surface area contributed by atoms with Gasteiger partial charge in [0.05, 0.1) is 6.61 Å². The molecule has 0 spiro atoms. The Morgan fingerprint density at radius 3 is 2.84 bits per heavy atom. The molecular weight excluding hydrogens is 242 g/mol. The molecule has 0 bridgehead atoms. The average Bonchev–Trinajstić information content (AvgIpc) is 2.90. The highest BCUT2D eigenvalue weighted by Gasteiger charge is 2.22. The fraction of sp³-hybridized carbons (Fsp3) is 0.600. The Kier molecular flexibility index (Phi) is 4.66. The number of hydrogen-bond acceptors (Lipinski definition) is 4. The number of nitrogens with one attached hydrogen (secondary N) is 1. The van der Waals surface area contributed by atoms with Gasteiger partial charge in [-0.25, -0.2) is 0 Å². The standard InChI is InChI=1S/C15H23NO3/c1-3-8-16-15(2,10-17)7-6-12-4-5-13-14(9-12)19-11-18-13/h4-5,9,16-17H,3,6-8,10-11H2,1-2H3. The lowest BCUT2D eigenvalue weighted by molar-refractivity contribution is 0.166. The molecule has 0 aromatic heterocycles. The van der Waals surface area contributed by atoms with Crippen molar-refractivity contribution in [2.75, 3.05) is 19.9 Å². The predicted molar refractivity (Wildman–Crippen MR) is 74.7 cm³/mol. The molecule has 2 rings (SSSR count). The van der Waals surface area contributed by atoms with Crippen LogP contribution in [0.1, 0.15) is 32.3 Å². The molecule has 0 amide bonds. The van der Waals surface area contributed by atoms with E-state index in [9.17, 15) is 5.11 Å². The summed E-state index contributed by atoms with van der Waals surface area (Å²) in [5.41, 5.74) is 0.995. The van der Waals surface area contributed by atoms with Gasteiger partial charge in [0.1, 0.15) is 0 Å². The largest absolute Gasteiger partial charge is 0.454 e. The summed E-state index contributed by atoms with van der Waals surface area (Å²) in [6.45, 7) is 5.58. The van der Waals surface area contributed by atoms with Crippen LogP contribution in [0.15, 0.2) is 18.2 Å². The molecule has 4 nitrogen and oxygen atoms in total. The second kappa shape index (κ2) is 6.26. The summed E-state index contributed by atoms with van der Waals surface area (Å²) >= 11 is 0. The summed E-state index contributed by atoms with van der Waals surface area (Å²) in [6, 6.07) is 6.04. The SMILES string of the molecule is CCCNC(C)(CO)CCc1ccc2c(c1)OCO2. The first-order valence-electron chi connectivity index (χ1n) is 6.91. The van der Waals surface area contributed by atoms with Crippen LogP contribution in [0.2, 0.25) is 0 Å². The van der Waals surface area contributed by atoms with Gasteiger partial charge in [-0.2, -0.15) is 0 Å². The minimum atomic E-state index is -0.216. The summed E-state index contributed by atoms with van der Waals surface area (Å²) in [4.78, 5) is 0. The Morgan fingerprint density at radius 2 is 2.11 bits per heavy atom. The minimum absolute atomic E-state index is 0.150. The molecular formula is C15H23NO3. The van der Waals surface area contributed by atoms with Crippen LogP contribution in [0.3, 0.4) is 0 Å². The molecule has 2 N–H and O–H groups in total. The van der Waals surface area contributed by atoms with E-state index in [1.165, 1.54) is 5.56 Å². The third kappa shape index (κ3) is 3.61. The second-order valence-corrected chi connectivity index (χ2v) is 5.33. The number of aryl methyl sites for hydroxylation is 1. The maximum absolute atomic E-state index is 9.54. The highest BCUT2D eigenvalue weighted by Crippen LogP contribution is 2.33. The average molecular weight is 265 g/mol. The van der Waals surface area contributed by atoms with E-state index in [1.54, 1.807) is 0 Å². The van der Waals surface area contributed by atoms with Crippen molar-refractivity contribution < 1.29 is 14.6 Å². The van der Waals surface area contributed by atoms with Crippen molar-refractivity contribution in [2.24, 2.45) is 0 Å². The van der Waals surface area contributed by atoms with Crippen LogP contribution in [0.25, 0.3) is 0 Å². The molecule has 1 aliphatic heterocycles. The zero-order chi connectivity index (χ0) is 13.7. The van der Waals surface area contributed by atoms with Crippen molar-refractivity contribution in [3.63, 3.8) is 0 Å². The first kappa shape index (κ1) is 14.2. The van der Waals surface area contributed by atoms with Gasteiger partial charge in [0, 0.05) is 5.54 Å². The molecule has 0 aliphatic carbocycles. The van der Waals surface area contributed by atoms with Gasteiger partial charge >= 0.3 is 0 Å². The predicted octanol–water partition coefficient (Wildman–Crippen LogP) is 2.10. The smallest absolute Gasteiger partial charge is 0.231 e. The topological polar surface area (TPSA) is 50.7 Å². The molecule has 1 aromatic rings. The normalized spacial score (nSPS) is 16.4. The van der Waals surface area contributed by atoms with Crippen LogP contribution < -0.4 is 14.8 Å².